The minimum atomic E-state index is -1.11. The fourth-order valence-corrected chi connectivity index (χ4v) is 3.18. The van der Waals surface area contributed by atoms with Gasteiger partial charge in [-0.25, -0.2) is 0 Å². The molecule has 28 heavy (non-hydrogen) atoms. The van der Waals surface area contributed by atoms with Crippen molar-refractivity contribution in [1.82, 2.24) is 10.6 Å². The first kappa shape index (κ1) is 24.0. The number of carbonyl (C=O) groups excluding carboxylic acids is 3. The normalized spacial score (nSPS) is 15.3. The van der Waals surface area contributed by atoms with E-state index in [9.17, 15) is 14.4 Å². The van der Waals surface area contributed by atoms with Crippen LogP contribution in [-0.2, 0) is 20.8 Å². The van der Waals surface area contributed by atoms with Gasteiger partial charge >= 0.3 is 0 Å². The van der Waals surface area contributed by atoms with Crippen molar-refractivity contribution in [3.63, 3.8) is 0 Å². The Balaban J connectivity index is 3.05. The number of benzene rings is 1. The molecule has 1 rings (SSSR count). The number of thiol groups is 1. The number of hydrogen-bond acceptors (Lipinski definition) is 5. The molecule has 3 atom stereocenters. The van der Waals surface area contributed by atoms with Crippen molar-refractivity contribution in [1.29, 1.82) is 0 Å². The van der Waals surface area contributed by atoms with Gasteiger partial charge in [-0.05, 0) is 43.9 Å². The maximum atomic E-state index is 13.0. The molecule has 1 aromatic carbocycles. The summed E-state index contributed by atoms with van der Waals surface area (Å²) in [5.74, 6) is -0.547. The van der Waals surface area contributed by atoms with Gasteiger partial charge in [0.05, 0.1) is 17.8 Å². The third-order valence-electron chi connectivity index (χ3n) is 4.89. The molecule has 2 N–H and O–H groups in total. The van der Waals surface area contributed by atoms with Gasteiger partial charge in [0.2, 0.25) is 11.8 Å². The smallest absolute Gasteiger partial charge is 0.242 e. The zero-order valence-electron chi connectivity index (χ0n) is 17.5. The molecule has 7 heteroatoms. The molecule has 1 aromatic rings. The molecule has 0 spiro atoms. The van der Waals surface area contributed by atoms with Crippen LogP contribution in [0.15, 0.2) is 24.3 Å². The number of Topliss-reactive ketones (excluding diaryl/α,β-unsaturated/α-hetero) is 1. The number of amides is 2. The Hall–Kier alpha value is -2.02. The average molecular weight is 409 g/mol. The Labute approximate surface area is 173 Å². The van der Waals surface area contributed by atoms with Crippen LogP contribution >= 0.6 is 12.6 Å². The standard InChI is InChI=1S/C21H32N2O4S/c1-13(2)11-17(21(4,28)14(3)24)19(25)23-18(20(26)22-5)12-15-7-9-16(27-6)10-8-15/h7-10,13,17-18,28H,11-12H2,1-6H3,(H,22,26)(H,23,25)/t17?,18-,21?/m0/s1. The number of nitrogens with one attached hydrogen (secondary N) is 2. The highest BCUT2D eigenvalue weighted by Crippen LogP contribution is 2.31. The Bertz CT molecular complexity index is 686. The van der Waals surface area contributed by atoms with Gasteiger partial charge in [-0.15, -0.1) is 0 Å². The highest BCUT2D eigenvalue weighted by molar-refractivity contribution is 7.82. The molecule has 0 bridgehead atoms. The molecule has 0 aromatic heterocycles. The van der Waals surface area contributed by atoms with Gasteiger partial charge in [-0.1, -0.05) is 26.0 Å². The lowest BCUT2D eigenvalue weighted by molar-refractivity contribution is -0.134. The van der Waals surface area contributed by atoms with Crippen molar-refractivity contribution in [2.75, 3.05) is 14.2 Å². The maximum Gasteiger partial charge on any atom is 0.242 e. The third kappa shape index (κ3) is 6.55. The van der Waals surface area contributed by atoms with E-state index >= 15 is 0 Å². The van der Waals surface area contributed by atoms with E-state index in [1.165, 1.54) is 14.0 Å². The second-order valence-corrected chi connectivity index (χ2v) is 8.54. The fraction of sp³-hybridized carbons (Fsp3) is 0.571. The minimum Gasteiger partial charge on any atom is -0.497 e. The predicted octanol–water partition coefficient (Wildman–Crippen LogP) is 2.41. The summed E-state index contributed by atoms with van der Waals surface area (Å²) in [6, 6.07) is 6.56. The molecule has 2 unspecified atom stereocenters. The van der Waals surface area contributed by atoms with E-state index in [4.69, 9.17) is 4.74 Å². The van der Waals surface area contributed by atoms with Crippen LogP contribution in [0, 0.1) is 11.8 Å². The van der Waals surface area contributed by atoms with Crippen LogP contribution in [0.4, 0.5) is 0 Å². The van der Waals surface area contributed by atoms with Crippen LogP contribution in [0.25, 0.3) is 0 Å². The molecule has 2 amide bonds. The van der Waals surface area contributed by atoms with Crippen LogP contribution in [0.1, 0.15) is 39.7 Å². The van der Waals surface area contributed by atoms with Crippen molar-refractivity contribution >= 4 is 30.2 Å². The van der Waals surface area contributed by atoms with Gasteiger partial charge in [0, 0.05) is 13.5 Å². The molecular weight excluding hydrogens is 376 g/mol. The number of ether oxygens (including phenoxy) is 1. The van der Waals surface area contributed by atoms with Crippen molar-refractivity contribution in [3.8, 4) is 5.75 Å². The first-order valence-corrected chi connectivity index (χ1v) is 9.85. The zero-order valence-corrected chi connectivity index (χ0v) is 18.4. The van der Waals surface area contributed by atoms with E-state index in [-0.39, 0.29) is 23.5 Å². The number of rotatable bonds is 10. The molecule has 0 aliphatic rings. The molecule has 0 aliphatic carbocycles. The van der Waals surface area contributed by atoms with Gasteiger partial charge < -0.3 is 15.4 Å². The summed E-state index contributed by atoms with van der Waals surface area (Å²) >= 11 is 4.48. The quantitative estimate of drug-likeness (QED) is 0.519. The highest BCUT2D eigenvalue weighted by Gasteiger charge is 2.41. The number of likely N-dealkylation sites (N-methyl/N-ethyl adjacent to an activating group) is 1. The van der Waals surface area contributed by atoms with Crippen molar-refractivity contribution in [3.05, 3.63) is 29.8 Å². The SMILES string of the molecule is CNC(=O)[C@H](Cc1ccc(OC)cc1)NC(=O)C(CC(C)C)C(C)(S)C(C)=O. The Morgan fingerprint density at radius 2 is 1.71 bits per heavy atom. The summed E-state index contributed by atoms with van der Waals surface area (Å²) in [6.07, 6.45) is 0.821. The van der Waals surface area contributed by atoms with Gasteiger partial charge in [0.25, 0.3) is 0 Å². The summed E-state index contributed by atoms with van der Waals surface area (Å²) in [5, 5.41) is 5.42. The molecular formula is C21H32N2O4S. The highest BCUT2D eigenvalue weighted by atomic mass is 32.1. The summed E-state index contributed by atoms with van der Waals surface area (Å²) in [4.78, 5) is 37.5. The molecule has 156 valence electrons. The second kappa shape index (κ2) is 10.5. The third-order valence-corrected chi connectivity index (χ3v) is 5.52. The molecule has 0 heterocycles. The first-order chi connectivity index (χ1) is 13.0. The van der Waals surface area contributed by atoms with E-state index in [1.54, 1.807) is 26.2 Å². The summed E-state index contributed by atoms with van der Waals surface area (Å²) in [6.45, 7) is 7.06. The molecule has 0 fully saturated rings. The monoisotopic (exact) mass is 408 g/mol. The fourth-order valence-electron chi connectivity index (χ4n) is 2.96. The van der Waals surface area contributed by atoms with Crippen molar-refractivity contribution < 1.29 is 19.1 Å². The van der Waals surface area contributed by atoms with E-state index in [0.717, 1.165) is 5.56 Å². The van der Waals surface area contributed by atoms with Crippen LogP contribution < -0.4 is 15.4 Å². The molecule has 0 radical (unpaired) electrons. The minimum absolute atomic E-state index is 0.178. The van der Waals surface area contributed by atoms with Crippen molar-refractivity contribution in [2.45, 2.75) is 51.3 Å². The van der Waals surface area contributed by atoms with E-state index in [1.807, 2.05) is 26.0 Å². The zero-order chi connectivity index (χ0) is 21.5. The second-order valence-electron chi connectivity index (χ2n) is 7.61. The number of methoxy groups -OCH3 is 1. The largest absolute Gasteiger partial charge is 0.497 e. The number of hydrogen-bond donors (Lipinski definition) is 3. The maximum absolute atomic E-state index is 13.0. The van der Waals surface area contributed by atoms with Crippen LogP contribution in [0.3, 0.4) is 0 Å². The van der Waals surface area contributed by atoms with E-state index < -0.39 is 16.7 Å². The van der Waals surface area contributed by atoms with Gasteiger partial charge in [-0.2, -0.15) is 12.6 Å². The Kier molecular flexibility index (Phi) is 9.01. The molecule has 6 nitrogen and oxygen atoms in total. The molecule has 0 saturated carbocycles. The summed E-state index contributed by atoms with van der Waals surface area (Å²) in [5.41, 5.74) is 0.885. The Morgan fingerprint density at radius 3 is 2.14 bits per heavy atom. The topological polar surface area (TPSA) is 84.5 Å². The van der Waals surface area contributed by atoms with Gasteiger partial charge in [-0.3, -0.25) is 14.4 Å². The van der Waals surface area contributed by atoms with Gasteiger partial charge in [0.1, 0.15) is 17.6 Å². The van der Waals surface area contributed by atoms with Crippen molar-refractivity contribution in [2.24, 2.45) is 11.8 Å². The average Bonchev–Trinajstić information content (AvgIpc) is 2.64. The Morgan fingerprint density at radius 1 is 1.14 bits per heavy atom. The van der Waals surface area contributed by atoms with Crippen LogP contribution in [-0.4, -0.2) is 42.5 Å². The number of ketones is 1. The number of carbonyl (C=O) groups is 3. The summed E-state index contributed by atoms with van der Waals surface area (Å²) in [7, 11) is 3.11. The van der Waals surface area contributed by atoms with Crippen LogP contribution in [0.2, 0.25) is 0 Å². The molecule has 0 saturated heterocycles. The predicted molar refractivity (Wildman–Crippen MR) is 114 cm³/mol. The van der Waals surface area contributed by atoms with Crippen LogP contribution in [0.5, 0.6) is 5.75 Å². The van der Waals surface area contributed by atoms with E-state index in [0.29, 0.717) is 18.6 Å². The lowest BCUT2D eigenvalue weighted by Crippen LogP contribution is -2.53. The lowest BCUT2D eigenvalue weighted by atomic mass is 9.82. The van der Waals surface area contributed by atoms with Gasteiger partial charge in [0.15, 0.2) is 0 Å². The summed E-state index contributed by atoms with van der Waals surface area (Å²) < 4.78 is 4.04. The molecule has 0 aliphatic heterocycles. The first-order valence-electron chi connectivity index (χ1n) is 9.41. The van der Waals surface area contributed by atoms with E-state index in [2.05, 4.69) is 23.3 Å². The lowest BCUT2D eigenvalue weighted by Gasteiger charge is -2.32.